The molecular formula is C24H25FN4O3. The minimum Gasteiger partial charge on any atom is -0.383 e. The monoisotopic (exact) mass is 436 g/mol. The number of H-pyrrole nitrogens is 1. The van der Waals surface area contributed by atoms with E-state index in [1.165, 1.54) is 0 Å². The van der Waals surface area contributed by atoms with Crippen molar-refractivity contribution in [1.82, 2.24) is 14.9 Å². The number of nitrogens with zero attached hydrogens (tertiary/aromatic N) is 2. The summed E-state index contributed by atoms with van der Waals surface area (Å²) in [7, 11) is 0. The Morgan fingerprint density at radius 1 is 1.19 bits per heavy atom. The van der Waals surface area contributed by atoms with Gasteiger partial charge in [0.05, 0.1) is 43.5 Å². The van der Waals surface area contributed by atoms with Crippen LogP contribution in [-0.2, 0) is 29.3 Å². The maximum Gasteiger partial charge on any atom is 0.270 e. The molecule has 32 heavy (non-hydrogen) atoms. The molecule has 8 heteroatoms. The van der Waals surface area contributed by atoms with E-state index in [2.05, 4.69) is 9.97 Å². The zero-order chi connectivity index (χ0) is 22.0. The van der Waals surface area contributed by atoms with Gasteiger partial charge in [0.1, 0.15) is 17.3 Å². The van der Waals surface area contributed by atoms with Gasteiger partial charge < -0.3 is 25.1 Å². The summed E-state index contributed by atoms with van der Waals surface area (Å²) in [6.45, 7) is 4.04. The highest BCUT2D eigenvalue weighted by atomic mass is 19.1. The van der Waals surface area contributed by atoms with Crippen molar-refractivity contribution in [2.45, 2.75) is 51.5 Å². The van der Waals surface area contributed by atoms with Crippen molar-refractivity contribution in [2.75, 3.05) is 18.9 Å². The van der Waals surface area contributed by atoms with Gasteiger partial charge in [0, 0.05) is 17.7 Å². The van der Waals surface area contributed by atoms with Gasteiger partial charge >= 0.3 is 0 Å². The number of fused-ring (bicyclic) bond motifs is 4. The SMILES string of the molecule is CCN(C(=O)c1cc2nc(N)c3c(c2[nH]1)COC3)[C@@H]1COCc2cc(C3CC3)c(F)cc21. The first kappa shape index (κ1) is 19.7. The van der Waals surface area contributed by atoms with Crippen molar-refractivity contribution < 1.29 is 18.7 Å². The summed E-state index contributed by atoms with van der Waals surface area (Å²) in [5.74, 6) is 0.404. The van der Waals surface area contributed by atoms with E-state index in [0.717, 1.165) is 46.2 Å². The lowest BCUT2D eigenvalue weighted by Crippen LogP contribution is -2.39. The molecule has 4 heterocycles. The normalized spacial score (nSPS) is 19.8. The van der Waals surface area contributed by atoms with Crippen LogP contribution in [0.15, 0.2) is 18.2 Å². The van der Waals surface area contributed by atoms with Gasteiger partial charge in [0.15, 0.2) is 0 Å². The average Bonchev–Trinajstić information content (AvgIpc) is 3.33. The second-order valence-electron chi connectivity index (χ2n) is 8.86. The fourth-order valence-corrected chi connectivity index (χ4v) is 5.04. The predicted molar refractivity (Wildman–Crippen MR) is 116 cm³/mol. The van der Waals surface area contributed by atoms with Crippen molar-refractivity contribution >= 4 is 22.8 Å². The van der Waals surface area contributed by atoms with Gasteiger partial charge in [-0.3, -0.25) is 4.79 Å². The van der Waals surface area contributed by atoms with E-state index in [9.17, 15) is 9.18 Å². The number of hydrogen-bond donors (Lipinski definition) is 2. The van der Waals surface area contributed by atoms with Gasteiger partial charge in [-0.1, -0.05) is 0 Å². The minimum absolute atomic E-state index is 0.176. The van der Waals surface area contributed by atoms with Crippen molar-refractivity contribution in [3.63, 3.8) is 0 Å². The van der Waals surface area contributed by atoms with Gasteiger partial charge in [-0.25, -0.2) is 9.37 Å². The number of nitrogens with one attached hydrogen (secondary N) is 1. The number of nitrogens with two attached hydrogens (primary N) is 1. The average molecular weight is 436 g/mol. The third-order valence-corrected chi connectivity index (χ3v) is 6.88. The third kappa shape index (κ3) is 3.01. The van der Waals surface area contributed by atoms with Crippen LogP contribution >= 0.6 is 0 Å². The molecule has 2 aromatic heterocycles. The fourth-order valence-electron chi connectivity index (χ4n) is 5.04. The van der Waals surface area contributed by atoms with Crippen LogP contribution in [0.25, 0.3) is 11.0 Å². The highest BCUT2D eigenvalue weighted by Gasteiger charge is 2.34. The number of rotatable bonds is 4. The maximum atomic E-state index is 14.9. The lowest BCUT2D eigenvalue weighted by atomic mass is 9.93. The van der Waals surface area contributed by atoms with Crippen LogP contribution in [0.2, 0.25) is 0 Å². The Balaban J connectivity index is 1.37. The minimum atomic E-state index is -0.350. The second kappa shape index (κ2) is 7.28. The zero-order valence-electron chi connectivity index (χ0n) is 17.9. The van der Waals surface area contributed by atoms with Crippen molar-refractivity contribution in [2.24, 2.45) is 0 Å². The van der Waals surface area contributed by atoms with E-state index in [-0.39, 0.29) is 17.8 Å². The molecule has 3 aromatic rings. The van der Waals surface area contributed by atoms with Crippen LogP contribution in [0.5, 0.6) is 0 Å². The highest BCUT2D eigenvalue weighted by Crippen LogP contribution is 2.43. The standard InChI is InChI=1S/C24H25FN4O3/c1-2-29(21-11-31-8-13-5-14(12-3-4-12)18(25)6-15(13)21)24(30)20-7-19-22(27-20)16-9-32-10-17(16)23(26)28-19/h5-7,12,21,27H,2-4,8-11H2,1H3,(H2,26,28)/t21-/m1/s1. The van der Waals surface area contributed by atoms with E-state index in [4.69, 9.17) is 15.2 Å². The van der Waals surface area contributed by atoms with Gasteiger partial charge in [0.25, 0.3) is 5.91 Å². The molecule has 1 atom stereocenters. The van der Waals surface area contributed by atoms with Crippen LogP contribution in [0.1, 0.15) is 70.0 Å². The van der Waals surface area contributed by atoms with Crippen molar-refractivity contribution in [3.05, 3.63) is 57.5 Å². The number of aromatic amines is 1. The van der Waals surface area contributed by atoms with Crippen LogP contribution in [-0.4, -0.2) is 33.9 Å². The number of amides is 1. The molecule has 1 aromatic carbocycles. The van der Waals surface area contributed by atoms with Gasteiger partial charge in [-0.15, -0.1) is 0 Å². The Labute approximate surface area is 184 Å². The molecule has 0 unspecified atom stereocenters. The van der Waals surface area contributed by atoms with E-state index in [1.807, 2.05) is 13.0 Å². The summed E-state index contributed by atoms with van der Waals surface area (Å²) in [5, 5.41) is 0. The summed E-state index contributed by atoms with van der Waals surface area (Å²) in [5.41, 5.74) is 12.3. The predicted octanol–water partition coefficient (Wildman–Crippen LogP) is 3.93. The molecule has 0 saturated heterocycles. The number of pyridine rings is 1. The molecule has 1 aliphatic carbocycles. The van der Waals surface area contributed by atoms with E-state index < -0.39 is 0 Å². The van der Waals surface area contributed by atoms with E-state index in [0.29, 0.717) is 55.9 Å². The van der Waals surface area contributed by atoms with Crippen LogP contribution < -0.4 is 5.73 Å². The number of hydrogen-bond acceptors (Lipinski definition) is 5. The van der Waals surface area contributed by atoms with Crippen LogP contribution in [0.4, 0.5) is 10.2 Å². The first-order valence-corrected chi connectivity index (χ1v) is 11.1. The molecule has 2 aliphatic heterocycles. The molecule has 1 saturated carbocycles. The summed E-state index contributed by atoms with van der Waals surface area (Å²) in [6, 6.07) is 4.93. The molecule has 1 amide bonds. The Hall–Kier alpha value is -2.97. The summed E-state index contributed by atoms with van der Waals surface area (Å²) >= 11 is 0. The quantitative estimate of drug-likeness (QED) is 0.647. The molecule has 1 fully saturated rings. The Morgan fingerprint density at radius 3 is 2.78 bits per heavy atom. The van der Waals surface area contributed by atoms with E-state index in [1.54, 1.807) is 17.0 Å². The number of likely N-dealkylation sites (N-methyl/N-ethyl adjacent to an activating group) is 1. The van der Waals surface area contributed by atoms with Gasteiger partial charge in [0.2, 0.25) is 0 Å². The molecule has 0 spiro atoms. The summed E-state index contributed by atoms with van der Waals surface area (Å²) in [4.78, 5) is 23.0. The van der Waals surface area contributed by atoms with Gasteiger partial charge in [-0.2, -0.15) is 0 Å². The van der Waals surface area contributed by atoms with Crippen molar-refractivity contribution in [3.8, 4) is 0 Å². The molecule has 166 valence electrons. The smallest absolute Gasteiger partial charge is 0.270 e. The molecule has 3 aliphatic rings. The topological polar surface area (TPSA) is 93.5 Å². The van der Waals surface area contributed by atoms with Crippen LogP contribution in [0, 0.1) is 5.82 Å². The lowest BCUT2D eigenvalue weighted by molar-refractivity contribution is 0.0281. The number of carbonyl (C=O) groups excluding carboxylic acids is 1. The van der Waals surface area contributed by atoms with Crippen LogP contribution in [0.3, 0.4) is 0 Å². The highest BCUT2D eigenvalue weighted by molar-refractivity contribution is 5.98. The summed E-state index contributed by atoms with van der Waals surface area (Å²) in [6.07, 6.45) is 2.07. The molecule has 3 N–H and O–H groups in total. The Morgan fingerprint density at radius 2 is 2.00 bits per heavy atom. The van der Waals surface area contributed by atoms with Crippen molar-refractivity contribution in [1.29, 1.82) is 0 Å². The molecule has 6 rings (SSSR count). The number of benzene rings is 1. The largest absolute Gasteiger partial charge is 0.383 e. The zero-order valence-corrected chi connectivity index (χ0v) is 17.9. The number of ether oxygens (including phenoxy) is 2. The first-order chi connectivity index (χ1) is 15.5. The van der Waals surface area contributed by atoms with Gasteiger partial charge in [-0.05, 0) is 60.6 Å². The molecular weight excluding hydrogens is 411 g/mol. The molecule has 7 nitrogen and oxygen atoms in total. The third-order valence-electron chi connectivity index (χ3n) is 6.88. The molecule has 0 radical (unpaired) electrons. The number of anilines is 1. The second-order valence-corrected chi connectivity index (χ2v) is 8.86. The van der Waals surface area contributed by atoms with E-state index >= 15 is 0 Å². The lowest BCUT2D eigenvalue weighted by Gasteiger charge is -2.35. The number of nitrogen functional groups attached to an aromatic ring is 1. The Bertz CT molecular complexity index is 1250. The maximum absolute atomic E-state index is 14.9. The first-order valence-electron chi connectivity index (χ1n) is 11.1. The summed E-state index contributed by atoms with van der Waals surface area (Å²) < 4.78 is 26.2. The number of aromatic nitrogens is 2. The fraction of sp³-hybridized carbons (Fsp3) is 0.417. The number of carbonyl (C=O) groups is 1. The number of halogens is 1. The molecule has 0 bridgehead atoms. The Kier molecular flexibility index (Phi) is 4.48.